The van der Waals surface area contributed by atoms with Gasteiger partial charge in [-0.3, -0.25) is 4.90 Å². The fraction of sp³-hybridized carbons (Fsp3) is 0.667. The topological polar surface area (TPSA) is 42.4 Å². The summed E-state index contributed by atoms with van der Waals surface area (Å²) in [5, 5.41) is 0. The van der Waals surface area contributed by atoms with Crippen molar-refractivity contribution in [2.45, 2.75) is 32.5 Å². The molecule has 0 saturated heterocycles. The first-order valence-corrected chi connectivity index (χ1v) is 7.03. The Morgan fingerprint density at radius 3 is 2.94 bits per heavy atom. The van der Waals surface area contributed by atoms with Gasteiger partial charge in [0.2, 0.25) is 0 Å². The maximum absolute atomic E-state index is 5.61. The quantitative estimate of drug-likeness (QED) is 0.797. The second-order valence-corrected chi connectivity index (χ2v) is 5.10. The molecule has 1 aromatic rings. The van der Waals surface area contributed by atoms with Gasteiger partial charge in [0.05, 0.1) is 12.8 Å². The summed E-state index contributed by atoms with van der Waals surface area (Å²) in [5.74, 6) is 2.12. The van der Waals surface area contributed by atoms with Gasteiger partial charge in [-0.2, -0.15) is 11.8 Å². The van der Waals surface area contributed by atoms with Gasteiger partial charge in [0.15, 0.2) is 0 Å². The van der Waals surface area contributed by atoms with Crippen LogP contribution in [0.15, 0.2) is 16.7 Å². The molecular formula is C12H22N2OS. The molecule has 0 spiro atoms. The Morgan fingerprint density at radius 1 is 1.56 bits per heavy atom. The zero-order chi connectivity index (χ0) is 12.0. The van der Waals surface area contributed by atoms with E-state index in [2.05, 4.69) is 25.1 Å². The molecule has 0 aliphatic heterocycles. The van der Waals surface area contributed by atoms with Gasteiger partial charge < -0.3 is 10.2 Å². The van der Waals surface area contributed by atoms with E-state index in [0.717, 1.165) is 12.3 Å². The molecule has 3 nitrogen and oxygen atoms in total. The van der Waals surface area contributed by atoms with Crippen LogP contribution in [0.3, 0.4) is 0 Å². The van der Waals surface area contributed by atoms with E-state index >= 15 is 0 Å². The molecule has 16 heavy (non-hydrogen) atoms. The minimum absolute atomic E-state index is 0.482. The van der Waals surface area contributed by atoms with Gasteiger partial charge in [0, 0.05) is 18.2 Å². The molecule has 0 saturated carbocycles. The zero-order valence-electron chi connectivity index (χ0n) is 10.4. The van der Waals surface area contributed by atoms with E-state index in [1.165, 1.54) is 17.7 Å². The summed E-state index contributed by atoms with van der Waals surface area (Å²) in [4.78, 5) is 2.35. The van der Waals surface area contributed by atoms with Crippen LogP contribution < -0.4 is 5.73 Å². The molecule has 1 unspecified atom stereocenters. The maximum atomic E-state index is 5.61. The van der Waals surface area contributed by atoms with Crippen LogP contribution in [0.25, 0.3) is 0 Å². The second-order valence-electron chi connectivity index (χ2n) is 4.12. The lowest BCUT2D eigenvalue weighted by Crippen LogP contribution is -2.29. The van der Waals surface area contributed by atoms with Crippen LogP contribution in [0.2, 0.25) is 0 Å². The third-order valence-corrected chi connectivity index (χ3v) is 3.58. The van der Waals surface area contributed by atoms with Crippen LogP contribution in [-0.2, 0) is 13.1 Å². The average molecular weight is 242 g/mol. The molecule has 0 fully saturated rings. The van der Waals surface area contributed by atoms with Crippen LogP contribution in [0.1, 0.15) is 24.7 Å². The number of rotatable bonds is 7. The molecule has 1 rings (SSSR count). The summed E-state index contributed by atoms with van der Waals surface area (Å²) >= 11 is 1.90. The summed E-state index contributed by atoms with van der Waals surface area (Å²) in [6.07, 6.45) is 5.08. The van der Waals surface area contributed by atoms with Crippen molar-refractivity contribution in [3.8, 4) is 0 Å². The summed E-state index contributed by atoms with van der Waals surface area (Å²) in [6.45, 7) is 3.66. The van der Waals surface area contributed by atoms with Gasteiger partial charge >= 0.3 is 0 Å². The first kappa shape index (κ1) is 13.6. The molecule has 0 aromatic carbocycles. The first-order chi connectivity index (χ1) is 7.69. The minimum Gasteiger partial charge on any atom is -0.468 e. The van der Waals surface area contributed by atoms with E-state index in [0.29, 0.717) is 12.6 Å². The molecule has 4 heteroatoms. The smallest absolute Gasteiger partial charge is 0.121 e. The molecule has 0 bridgehead atoms. The van der Waals surface area contributed by atoms with Gasteiger partial charge in [0.1, 0.15) is 5.76 Å². The number of thioether (sulfide) groups is 1. The largest absolute Gasteiger partial charge is 0.468 e. The molecule has 92 valence electrons. The van der Waals surface area contributed by atoms with Crippen LogP contribution >= 0.6 is 11.8 Å². The van der Waals surface area contributed by atoms with Crippen molar-refractivity contribution in [3.63, 3.8) is 0 Å². The van der Waals surface area contributed by atoms with E-state index in [-0.39, 0.29) is 0 Å². The van der Waals surface area contributed by atoms with Crippen molar-refractivity contribution in [3.05, 3.63) is 23.7 Å². The van der Waals surface area contributed by atoms with Gasteiger partial charge in [-0.15, -0.1) is 0 Å². The standard InChI is InChI=1S/C12H22N2OS/c1-10(5-7-16-3)14(2)9-11-4-6-15-12(11)8-13/h4,6,10H,5,7-9,13H2,1-3H3. The summed E-state index contributed by atoms with van der Waals surface area (Å²) in [6, 6.07) is 2.60. The monoisotopic (exact) mass is 242 g/mol. The van der Waals surface area contributed by atoms with Crippen molar-refractivity contribution in [1.29, 1.82) is 0 Å². The van der Waals surface area contributed by atoms with Gasteiger partial charge in [-0.1, -0.05) is 0 Å². The Kier molecular flexibility index (Phi) is 5.95. The highest BCUT2D eigenvalue weighted by atomic mass is 32.2. The lowest BCUT2D eigenvalue weighted by Gasteiger charge is -2.24. The van der Waals surface area contributed by atoms with Crippen LogP contribution in [0, 0.1) is 0 Å². The van der Waals surface area contributed by atoms with E-state index in [9.17, 15) is 0 Å². The van der Waals surface area contributed by atoms with Crippen LogP contribution in [0.5, 0.6) is 0 Å². The number of nitrogens with two attached hydrogens (primary N) is 1. The lowest BCUT2D eigenvalue weighted by atomic mass is 10.2. The van der Waals surface area contributed by atoms with Crippen molar-refractivity contribution in [2.24, 2.45) is 5.73 Å². The Balaban J connectivity index is 2.47. The second kappa shape index (κ2) is 6.99. The van der Waals surface area contributed by atoms with Crippen molar-refractivity contribution in [2.75, 3.05) is 19.1 Å². The van der Waals surface area contributed by atoms with Crippen molar-refractivity contribution < 1.29 is 4.42 Å². The van der Waals surface area contributed by atoms with E-state index in [4.69, 9.17) is 10.2 Å². The number of furan rings is 1. The fourth-order valence-corrected chi connectivity index (χ4v) is 2.20. The molecule has 0 radical (unpaired) electrons. The third-order valence-electron chi connectivity index (χ3n) is 2.94. The van der Waals surface area contributed by atoms with E-state index < -0.39 is 0 Å². The highest BCUT2D eigenvalue weighted by molar-refractivity contribution is 7.98. The summed E-state index contributed by atoms with van der Waals surface area (Å²) in [5.41, 5.74) is 6.82. The normalized spacial score (nSPS) is 13.3. The van der Waals surface area contributed by atoms with Gasteiger partial charge in [-0.25, -0.2) is 0 Å². The molecule has 1 atom stereocenters. The SMILES string of the molecule is CSCCC(C)N(C)Cc1ccoc1CN. The summed E-state index contributed by atoms with van der Waals surface area (Å²) in [7, 11) is 2.15. The molecule has 2 N–H and O–H groups in total. The van der Waals surface area contributed by atoms with Gasteiger partial charge in [-0.05, 0) is 38.5 Å². The number of hydrogen-bond acceptors (Lipinski definition) is 4. The molecule has 1 heterocycles. The number of nitrogens with zero attached hydrogens (tertiary/aromatic N) is 1. The van der Waals surface area contributed by atoms with Crippen LogP contribution in [-0.4, -0.2) is 30.0 Å². The zero-order valence-corrected chi connectivity index (χ0v) is 11.2. The molecule has 0 aliphatic carbocycles. The van der Waals surface area contributed by atoms with Gasteiger partial charge in [0.25, 0.3) is 0 Å². The highest BCUT2D eigenvalue weighted by Gasteiger charge is 2.12. The Morgan fingerprint density at radius 2 is 2.31 bits per heavy atom. The number of hydrogen-bond donors (Lipinski definition) is 1. The maximum Gasteiger partial charge on any atom is 0.121 e. The molecule has 0 aliphatic rings. The highest BCUT2D eigenvalue weighted by Crippen LogP contribution is 2.15. The van der Waals surface area contributed by atoms with Crippen molar-refractivity contribution in [1.82, 2.24) is 4.90 Å². The Labute approximate surface area is 102 Å². The molecular weight excluding hydrogens is 220 g/mol. The molecule has 1 aromatic heterocycles. The predicted octanol–water partition coefficient (Wildman–Crippen LogP) is 2.31. The van der Waals surface area contributed by atoms with Crippen molar-refractivity contribution >= 4 is 11.8 Å². The van der Waals surface area contributed by atoms with E-state index in [1.807, 2.05) is 17.8 Å². The van der Waals surface area contributed by atoms with Crippen LogP contribution in [0.4, 0.5) is 0 Å². The van der Waals surface area contributed by atoms with E-state index in [1.54, 1.807) is 6.26 Å². The molecule has 0 amide bonds. The average Bonchev–Trinajstić information content (AvgIpc) is 2.72. The lowest BCUT2D eigenvalue weighted by molar-refractivity contribution is 0.243. The fourth-order valence-electron chi connectivity index (χ4n) is 1.62. The summed E-state index contributed by atoms with van der Waals surface area (Å²) < 4.78 is 5.32. The minimum atomic E-state index is 0.482. The third kappa shape index (κ3) is 3.85. The Bertz CT molecular complexity index is 301. The predicted molar refractivity (Wildman–Crippen MR) is 70.5 cm³/mol. The Hall–Kier alpha value is -0.450. The first-order valence-electron chi connectivity index (χ1n) is 5.63.